The first-order valence-electron chi connectivity index (χ1n) is 10.7. The lowest BCUT2D eigenvalue weighted by atomic mass is 9.76. The lowest BCUT2D eigenvalue weighted by molar-refractivity contribution is -0.137. The Morgan fingerprint density at radius 2 is 1.78 bits per heavy atom. The zero-order chi connectivity index (χ0) is 18.8. The summed E-state index contributed by atoms with van der Waals surface area (Å²) in [5, 5.41) is 19.3. The molecule has 3 heterocycles. The van der Waals surface area contributed by atoms with Gasteiger partial charge in [0.2, 0.25) is 0 Å². The van der Waals surface area contributed by atoms with Crippen molar-refractivity contribution in [2.45, 2.75) is 88.3 Å². The van der Waals surface area contributed by atoms with Crippen molar-refractivity contribution in [2.75, 3.05) is 0 Å². The second-order valence-electron chi connectivity index (χ2n) is 8.64. The number of epoxide rings is 1. The zero-order valence-corrected chi connectivity index (χ0v) is 15.9. The van der Waals surface area contributed by atoms with Crippen LogP contribution in [0.3, 0.4) is 0 Å². The third-order valence-electron chi connectivity index (χ3n) is 6.82. The van der Waals surface area contributed by atoms with Gasteiger partial charge >= 0.3 is 5.97 Å². The highest BCUT2D eigenvalue weighted by molar-refractivity contribution is 5.66. The fourth-order valence-corrected chi connectivity index (χ4v) is 5.28. The van der Waals surface area contributed by atoms with Crippen LogP contribution in [0.4, 0.5) is 0 Å². The van der Waals surface area contributed by atoms with Crippen LogP contribution in [0.1, 0.15) is 57.8 Å². The highest BCUT2D eigenvalue weighted by Crippen LogP contribution is 2.55. The average molecular weight is 376 g/mol. The number of carboxylic acids is 1. The minimum Gasteiger partial charge on any atom is -0.481 e. The van der Waals surface area contributed by atoms with Crippen LogP contribution in [-0.2, 0) is 14.3 Å². The monoisotopic (exact) mass is 376 g/mol. The van der Waals surface area contributed by atoms with Crippen molar-refractivity contribution in [3.8, 4) is 0 Å². The van der Waals surface area contributed by atoms with Crippen LogP contribution in [0, 0.1) is 17.8 Å². The maximum atomic E-state index is 10.6. The number of unbranched alkanes of at least 4 members (excludes halogenated alkanes) is 1. The second kappa shape index (κ2) is 8.46. The fraction of sp³-hybridized carbons (Fsp3) is 0.773. The number of carbonyl (C=O) groups is 1. The van der Waals surface area contributed by atoms with E-state index in [1.807, 2.05) is 6.08 Å². The van der Waals surface area contributed by atoms with E-state index in [4.69, 9.17) is 14.6 Å². The lowest BCUT2D eigenvalue weighted by Crippen LogP contribution is -2.32. The van der Waals surface area contributed by atoms with Crippen LogP contribution in [0.15, 0.2) is 24.3 Å². The number of carboxylic acid groups (broad SMARTS) is 1. The van der Waals surface area contributed by atoms with Crippen LogP contribution in [0.5, 0.6) is 0 Å². The summed E-state index contributed by atoms with van der Waals surface area (Å²) in [5.41, 5.74) is 0. The van der Waals surface area contributed by atoms with E-state index in [0.717, 1.165) is 25.7 Å². The molecule has 3 aliphatic heterocycles. The molecule has 27 heavy (non-hydrogen) atoms. The molecule has 0 aromatic heterocycles. The molecule has 1 unspecified atom stereocenters. The summed E-state index contributed by atoms with van der Waals surface area (Å²) in [5.74, 6) is 0.375. The normalized spacial score (nSPS) is 39.3. The molecule has 7 atom stereocenters. The van der Waals surface area contributed by atoms with Gasteiger partial charge in [0, 0.05) is 18.3 Å². The van der Waals surface area contributed by atoms with Crippen LogP contribution >= 0.6 is 0 Å². The molecule has 4 aliphatic rings. The molecule has 3 saturated heterocycles. The summed E-state index contributed by atoms with van der Waals surface area (Å²) in [6.45, 7) is 0. The van der Waals surface area contributed by atoms with E-state index >= 15 is 0 Å². The molecule has 4 rings (SSSR count). The van der Waals surface area contributed by atoms with Crippen molar-refractivity contribution >= 4 is 5.97 Å². The molecule has 0 aromatic carbocycles. The van der Waals surface area contributed by atoms with Gasteiger partial charge in [0.15, 0.2) is 0 Å². The number of aliphatic hydroxyl groups excluding tert-OH is 1. The van der Waals surface area contributed by atoms with Crippen molar-refractivity contribution < 1.29 is 24.5 Å². The SMILES string of the molecule is O=C(O)CCC/C=C\C[C@H]1[C@@H](/C=C/C(O)C2CCCCC2)[C@@H]2O[C@H]1[C@@H]1O[C@@H]12. The Morgan fingerprint density at radius 3 is 2.56 bits per heavy atom. The van der Waals surface area contributed by atoms with Gasteiger partial charge in [-0.05, 0) is 38.0 Å². The van der Waals surface area contributed by atoms with Crippen molar-refractivity contribution in [3.05, 3.63) is 24.3 Å². The van der Waals surface area contributed by atoms with Gasteiger partial charge in [-0.2, -0.15) is 0 Å². The van der Waals surface area contributed by atoms with E-state index in [2.05, 4.69) is 18.2 Å². The molecule has 5 heteroatoms. The molecule has 2 bridgehead atoms. The quantitative estimate of drug-likeness (QED) is 0.366. The van der Waals surface area contributed by atoms with Gasteiger partial charge in [0.25, 0.3) is 0 Å². The molecule has 0 aromatic rings. The number of hydrogen-bond donors (Lipinski definition) is 2. The van der Waals surface area contributed by atoms with E-state index in [0.29, 0.717) is 24.2 Å². The molecular formula is C22H32O5. The van der Waals surface area contributed by atoms with Crippen LogP contribution in [-0.4, -0.2) is 46.7 Å². The molecule has 0 radical (unpaired) electrons. The third kappa shape index (κ3) is 4.30. The molecule has 1 aliphatic carbocycles. The predicted molar refractivity (Wildman–Crippen MR) is 101 cm³/mol. The smallest absolute Gasteiger partial charge is 0.303 e. The van der Waals surface area contributed by atoms with Crippen LogP contribution < -0.4 is 0 Å². The number of aliphatic carboxylic acids is 1. The highest BCUT2D eigenvalue weighted by Gasteiger charge is 2.68. The summed E-state index contributed by atoms with van der Waals surface area (Å²) in [7, 11) is 0. The van der Waals surface area contributed by atoms with E-state index in [1.165, 1.54) is 19.3 Å². The number of fused-ring (bicyclic) bond motifs is 5. The first-order valence-corrected chi connectivity index (χ1v) is 10.7. The molecule has 4 fully saturated rings. The number of hydrogen-bond acceptors (Lipinski definition) is 4. The average Bonchev–Trinajstić information content (AvgIpc) is 3.30. The minimum atomic E-state index is -0.733. The van der Waals surface area contributed by atoms with Gasteiger partial charge < -0.3 is 19.7 Å². The Morgan fingerprint density at radius 1 is 1.04 bits per heavy atom. The van der Waals surface area contributed by atoms with Gasteiger partial charge in [0.1, 0.15) is 12.2 Å². The summed E-state index contributed by atoms with van der Waals surface area (Å²) >= 11 is 0. The van der Waals surface area contributed by atoms with Gasteiger partial charge in [-0.1, -0.05) is 43.6 Å². The lowest BCUT2D eigenvalue weighted by Gasteiger charge is -2.26. The Balaban J connectivity index is 1.31. The zero-order valence-electron chi connectivity index (χ0n) is 15.9. The van der Waals surface area contributed by atoms with Crippen LogP contribution in [0.2, 0.25) is 0 Å². The first kappa shape index (κ1) is 19.2. The molecular weight excluding hydrogens is 344 g/mol. The van der Waals surface area contributed by atoms with Gasteiger partial charge in [-0.3, -0.25) is 4.79 Å². The minimum absolute atomic E-state index is 0.139. The van der Waals surface area contributed by atoms with Crippen molar-refractivity contribution in [2.24, 2.45) is 17.8 Å². The van der Waals surface area contributed by atoms with E-state index in [9.17, 15) is 9.90 Å². The molecule has 0 spiro atoms. The summed E-state index contributed by atoms with van der Waals surface area (Å²) in [6.07, 6.45) is 17.7. The Labute approximate surface area is 161 Å². The van der Waals surface area contributed by atoms with Gasteiger partial charge in [-0.25, -0.2) is 0 Å². The van der Waals surface area contributed by atoms with E-state index in [1.54, 1.807) is 0 Å². The molecule has 150 valence electrons. The predicted octanol–water partition coefficient (Wildman–Crippen LogP) is 3.47. The fourth-order valence-electron chi connectivity index (χ4n) is 5.28. The number of rotatable bonds is 9. The van der Waals surface area contributed by atoms with Crippen LogP contribution in [0.25, 0.3) is 0 Å². The number of ether oxygens (including phenoxy) is 2. The Hall–Kier alpha value is -1.17. The van der Waals surface area contributed by atoms with Crippen molar-refractivity contribution in [1.29, 1.82) is 0 Å². The maximum Gasteiger partial charge on any atom is 0.303 e. The summed E-state index contributed by atoms with van der Waals surface area (Å²) < 4.78 is 12.0. The van der Waals surface area contributed by atoms with Gasteiger partial charge in [-0.15, -0.1) is 0 Å². The van der Waals surface area contributed by atoms with Crippen molar-refractivity contribution in [3.63, 3.8) is 0 Å². The number of aliphatic hydroxyl groups is 1. The third-order valence-corrected chi connectivity index (χ3v) is 6.82. The molecule has 5 nitrogen and oxygen atoms in total. The highest BCUT2D eigenvalue weighted by atomic mass is 16.7. The maximum absolute atomic E-state index is 10.6. The topological polar surface area (TPSA) is 79.3 Å². The van der Waals surface area contributed by atoms with E-state index < -0.39 is 5.97 Å². The first-order chi connectivity index (χ1) is 13.1. The number of allylic oxidation sites excluding steroid dienone is 2. The standard InChI is InChI=1S/C22H32O5/c23-17(14-8-4-3-5-9-14)13-12-16-15(10-6-1-2-7-11-18(24)25)19-21-22(27-21)20(16)26-19/h1,6,12-17,19-23H,2-5,7-11H2,(H,24,25)/b6-1-,13-12+/t15-,16+,17?,19+,20-,21-,22+/m0/s1. The van der Waals surface area contributed by atoms with E-state index in [-0.39, 0.29) is 36.9 Å². The van der Waals surface area contributed by atoms with Crippen molar-refractivity contribution in [1.82, 2.24) is 0 Å². The molecule has 0 amide bonds. The Kier molecular flexibility index (Phi) is 6.00. The largest absolute Gasteiger partial charge is 0.481 e. The molecule has 1 saturated carbocycles. The Bertz CT molecular complexity index is 579. The molecule has 2 N–H and O–H groups in total. The van der Waals surface area contributed by atoms with Gasteiger partial charge in [0.05, 0.1) is 18.3 Å². The second-order valence-corrected chi connectivity index (χ2v) is 8.64. The summed E-state index contributed by atoms with van der Waals surface area (Å²) in [4.78, 5) is 10.6. The summed E-state index contributed by atoms with van der Waals surface area (Å²) in [6, 6.07) is 0.